The van der Waals surface area contributed by atoms with E-state index in [-0.39, 0.29) is 41.0 Å². The molecule has 0 unspecified atom stereocenters. The van der Waals surface area contributed by atoms with E-state index in [0.717, 1.165) is 12.1 Å². The second-order valence-electron chi connectivity index (χ2n) is 9.67. The molecule has 0 saturated carbocycles. The Hall–Kier alpha value is -4.42. The van der Waals surface area contributed by atoms with Crippen LogP contribution in [0.2, 0.25) is 0 Å². The number of halogens is 3. The van der Waals surface area contributed by atoms with Gasteiger partial charge in [-0.15, -0.1) is 0 Å². The molecule has 1 aliphatic rings. The zero-order chi connectivity index (χ0) is 27.8. The number of aromatic nitrogens is 3. The summed E-state index contributed by atoms with van der Waals surface area (Å²) in [5.41, 5.74) is -0.844. The fraction of sp³-hybridized carbons (Fsp3) is 0.320. The number of ether oxygens (including phenoxy) is 1. The van der Waals surface area contributed by atoms with Crippen molar-refractivity contribution in [1.82, 2.24) is 14.8 Å². The highest BCUT2D eigenvalue weighted by molar-refractivity contribution is 6.13. The van der Waals surface area contributed by atoms with Crippen LogP contribution >= 0.6 is 0 Å². The monoisotopic (exact) mass is 530 g/mol. The summed E-state index contributed by atoms with van der Waals surface area (Å²) in [5, 5.41) is 9.32. The van der Waals surface area contributed by atoms with Gasteiger partial charge in [-0.2, -0.15) is 18.3 Å². The van der Waals surface area contributed by atoms with Crippen molar-refractivity contribution in [2.24, 2.45) is 0 Å². The van der Waals surface area contributed by atoms with Crippen LogP contribution < -0.4 is 15.5 Å². The molecule has 2 N–H and O–H groups in total. The maximum Gasteiger partial charge on any atom is 0.416 e. The number of fused-ring (bicyclic) bond motifs is 1. The zero-order valence-corrected chi connectivity index (χ0v) is 21.0. The molecule has 2 aromatic heterocycles. The molecule has 0 aliphatic carbocycles. The first kappa shape index (κ1) is 26.6. The van der Waals surface area contributed by atoms with Gasteiger partial charge in [0.25, 0.3) is 11.8 Å². The molecule has 4 rings (SSSR count). The molecule has 3 aromatic rings. The number of carbonyl (C=O) groups excluding carboxylic acids is 3. The minimum atomic E-state index is -4.49. The van der Waals surface area contributed by atoms with Gasteiger partial charge < -0.3 is 15.0 Å². The number of benzene rings is 1. The van der Waals surface area contributed by atoms with Gasteiger partial charge in [0, 0.05) is 18.4 Å². The molecule has 0 fully saturated rings. The Morgan fingerprint density at radius 2 is 1.71 bits per heavy atom. The van der Waals surface area contributed by atoms with Gasteiger partial charge in [0.1, 0.15) is 11.4 Å². The molecule has 3 heterocycles. The topological polar surface area (TPSA) is 118 Å². The first-order valence-corrected chi connectivity index (χ1v) is 11.6. The molecule has 0 radical (unpaired) electrons. The van der Waals surface area contributed by atoms with Crippen molar-refractivity contribution in [2.45, 2.75) is 45.5 Å². The van der Waals surface area contributed by atoms with E-state index >= 15 is 0 Å². The second kappa shape index (κ2) is 9.80. The highest BCUT2D eigenvalue weighted by atomic mass is 19.4. The lowest BCUT2D eigenvalue weighted by atomic mass is 10.1. The minimum Gasteiger partial charge on any atom is -0.444 e. The first-order valence-electron chi connectivity index (χ1n) is 11.6. The van der Waals surface area contributed by atoms with E-state index in [1.165, 1.54) is 46.2 Å². The summed E-state index contributed by atoms with van der Waals surface area (Å²) in [5.74, 6) is -0.926. The Bertz CT molecular complexity index is 1360. The normalized spacial score (nSPS) is 15.6. The van der Waals surface area contributed by atoms with Crippen molar-refractivity contribution in [3.63, 3.8) is 0 Å². The lowest BCUT2D eigenvalue weighted by Crippen LogP contribution is -2.43. The van der Waals surface area contributed by atoms with E-state index in [0.29, 0.717) is 0 Å². The van der Waals surface area contributed by atoms with Crippen LogP contribution in [0.3, 0.4) is 0 Å². The Morgan fingerprint density at radius 1 is 1.03 bits per heavy atom. The average molecular weight is 531 g/mol. The van der Waals surface area contributed by atoms with Crippen LogP contribution in [0.15, 0.2) is 48.8 Å². The molecule has 13 heteroatoms. The lowest BCUT2D eigenvalue weighted by Gasteiger charge is -2.32. The summed E-state index contributed by atoms with van der Waals surface area (Å²) in [6.45, 7) is 7.14. The van der Waals surface area contributed by atoms with Gasteiger partial charge in [-0.3, -0.25) is 19.6 Å². The number of nitrogens with zero attached hydrogens (tertiary/aromatic N) is 4. The number of hydrogen-bond donors (Lipinski definition) is 2. The molecule has 1 aromatic carbocycles. The molecule has 0 bridgehead atoms. The number of anilines is 3. The van der Waals surface area contributed by atoms with Crippen molar-refractivity contribution >= 4 is 35.1 Å². The molecule has 3 amide bonds. The molecule has 0 saturated heterocycles. The smallest absolute Gasteiger partial charge is 0.416 e. The van der Waals surface area contributed by atoms with E-state index < -0.39 is 35.2 Å². The van der Waals surface area contributed by atoms with Gasteiger partial charge in [0.15, 0.2) is 5.69 Å². The SMILES string of the molecule is C[C@H]1CN(c2ccc(C(F)(F)F)cc2)C(=O)c2c(NC(=O)c3ccc(NC(=O)OC(C)(C)C)nc3)cnn21. The molecule has 1 aliphatic heterocycles. The van der Waals surface area contributed by atoms with E-state index in [1.54, 1.807) is 27.7 Å². The summed E-state index contributed by atoms with van der Waals surface area (Å²) < 4.78 is 45.5. The third-order valence-corrected chi connectivity index (χ3v) is 5.52. The average Bonchev–Trinajstić information content (AvgIpc) is 3.24. The Morgan fingerprint density at radius 3 is 2.29 bits per heavy atom. The van der Waals surface area contributed by atoms with E-state index in [4.69, 9.17) is 4.74 Å². The first-order chi connectivity index (χ1) is 17.7. The largest absolute Gasteiger partial charge is 0.444 e. The van der Waals surface area contributed by atoms with E-state index in [1.807, 2.05) is 0 Å². The van der Waals surface area contributed by atoms with Gasteiger partial charge >= 0.3 is 12.3 Å². The highest BCUT2D eigenvalue weighted by Crippen LogP contribution is 2.33. The summed E-state index contributed by atoms with van der Waals surface area (Å²) >= 11 is 0. The predicted molar refractivity (Wildman–Crippen MR) is 132 cm³/mol. The number of alkyl halides is 3. The molecular formula is C25H25F3N6O4. The summed E-state index contributed by atoms with van der Waals surface area (Å²) in [6.07, 6.45) is -2.60. The van der Waals surface area contributed by atoms with Crippen LogP contribution in [0.4, 0.5) is 35.2 Å². The second-order valence-corrected chi connectivity index (χ2v) is 9.67. The fourth-order valence-corrected chi connectivity index (χ4v) is 3.81. The van der Waals surface area contributed by atoms with Crippen molar-refractivity contribution in [1.29, 1.82) is 0 Å². The summed E-state index contributed by atoms with van der Waals surface area (Å²) in [7, 11) is 0. The fourth-order valence-electron chi connectivity index (χ4n) is 3.81. The highest BCUT2D eigenvalue weighted by Gasteiger charge is 2.35. The minimum absolute atomic E-state index is 0.0909. The number of amides is 3. The Balaban J connectivity index is 1.50. The summed E-state index contributed by atoms with van der Waals surface area (Å²) in [6, 6.07) is 6.84. The maximum atomic E-state index is 13.3. The van der Waals surface area contributed by atoms with Crippen LogP contribution in [0.25, 0.3) is 0 Å². The van der Waals surface area contributed by atoms with Crippen molar-refractivity contribution in [2.75, 3.05) is 22.1 Å². The molecule has 200 valence electrons. The van der Waals surface area contributed by atoms with Gasteiger partial charge in [-0.1, -0.05) is 0 Å². The number of hydrogen-bond acceptors (Lipinski definition) is 6. The predicted octanol–water partition coefficient (Wildman–Crippen LogP) is 5.12. The molecule has 38 heavy (non-hydrogen) atoms. The van der Waals surface area contributed by atoms with Gasteiger partial charge in [-0.05, 0) is 64.1 Å². The maximum absolute atomic E-state index is 13.3. The third kappa shape index (κ3) is 5.76. The zero-order valence-electron chi connectivity index (χ0n) is 21.0. The van der Waals surface area contributed by atoms with Crippen molar-refractivity contribution < 1.29 is 32.3 Å². The quantitative estimate of drug-likeness (QED) is 0.484. The third-order valence-electron chi connectivity index (χ3n) is 5.52. The Labute approximate surface area is 215 Å². The van der Waals surface area contributed by atoms with Crippen molar-refractivity contribution in [3.8, 4) is 0 Å². The standard InChI is InChI=1S/C25H25F3N6O4/c1-14-13-33(17-8-6-16(7-9-17)25(26,27)28)22(36)20-18(12-30-34(14)20)31-21(35)15-5-10-19(29-11-15)32-23(37)38-24(2,3)4/h5-12,14H,13H2,1-4H3,(H,31,35)(H,29,32,37)/t14-/m0/s1. The van der Waals surface area contributed by atoms with Crippen LogP contribution in [0.5, 0.6) is 0 Å². The number of nitrogens with one attached hydrogen (secondary N) is 2. The molecule has 1 atom stereocenters. The lowest BCUT2D eigenvalue weighted by molar-refractivity contribution is -0.137. The number of pyridine rings is 1. The van der Waals surface area contributed by atoms with Crippen LogP contribution in [-0.2, 0) is 10.9 Å². The molecule has 10 nitrogen and oxygen atoms in total. The number of carbonyl (C=O) groups is 3. The number of rotatable bonds is 4. The van der Waals surface area contributed by atoms with Crippen LogP contribution in [0.1, 0.15) is 60.1 Å². The van der Waals surface area contributed by atoms with E-state index in [2.05, 4.69) is 20.7 Å². The Kier molecular flexibility index (Phi) is 6.87. The van der Waals surface area contributed by atoms with Gasteiger partial charge in [0.05, 0.1) is 29.1 Å². The van der Waals surface area contributed by atoms with E-state index in [9.17, 15) is 27.6 Å². The molecular weight excluding hydrogens is 505 g/mol. The van der Waals surface area contributed by atoms with Gasteiger partial charge in [-0.25, -0.2) is 9.78 Å². The summed E-state index contributed by atoms with van der Waals surface area (Å²) in [4.78, 5) is 43.5. The van der Waals surface area contributed by atoms with Crippen LogP contribution in [-0.4, -0.2) is 44.8 Å². The van der Waals surface area contributed by atoms with Crippen molar-refractivity contribution in [3.05, 3.63) is 65.6 Å². The van der Waals surface area contributed by atoms with Crippen LogP contribution in [0, 0.1) is 0 Å². The molecule has 0 spiro atoms. The van der Waals surface area contributed by atoms with Gasteiger partial charge in [0.2, 0.25) is 0 Å².